The second-order valence-electron chi connectivity index (χ2n) is 11.9. The van der Waals surface area contributed by atoms with Crippen LogP contribution in [0.5, 0.6) is 0 Å². The molecule has 2 heteroatoms. The standard InChI is InChI=1S/C37H57N2/c1-4-5-6-7-8-9-10-11-12-13-14-15-16-17-24-29-39-32-36(30-33(2)35-27-22-19-23-28-35)38(3)37(39)31-34-25-20-18-21-26-34/h18-23,25-28,32-33H,4-17,24,29-31H2,1-3H3/q+1. The minimum atomic E-state index is 0.517. The summed E-state index contributed by atoms with van der Waals surface area (Å²) >= 11 is 0. The molecule has 0 aliphatic heterocycles. The van der Waals surface area contributed by atoms with E-state index in [-0.39, 0.29) is 0 Å². The molecule has 39 heavy (non-hydrogen) atoms. The Balaban J connectivity index is 1.39. The lowest BCUT2D eigenvalue weighted by atomic mass is 9.96. The van der Waals surface area contributed by atoms with Gasteiger partial charge in [-0.3, -0.25) is 0 Å². The van der Waals surface area contributed by atoms with Crippen molar-refractivity contribution in [3.63, 3.8) is 0 Å². The third-order valence-corrected chi connectivity index (χ3v) is 8.55. The van der Waals surface area contributed by atoms with Gasteiger partial charge in [-0.15, -0.1) is 0 Å². The van der Waals surface area contributed by atoms with Crippen molar-refractivity contribution in [2.45, 2.75) is 135 Å². The van der Waals surface area contributed by atoms with Crippen LogP contribution < -0.4 is 4.57 Å². The van der Waals surface area contributed by atoms with Crippen LogP contribution in [0.1, 0.15) is 139 Å². The number of unbranched alkanes of at least 4 members (excludes halogenated alkanes) is 14. The zero-order valence-electron chi connectivity index (χ0n) is 25.6. The molecule has 0 fully saturated rings. The van der Waals surface area contributed by atoms with Gasteiger partial charge in [-0.2, -0.15) is 0 Å². The molecular formula is C37H57N2+. The van der Waals surface area contributed by atoms with Gasteiger partial charge in [0.05, 0.1) is 20.0 Å². The molecule has 0 saturated heterocycles. The molecule has 0 amide bonds. The molecule has 1 atom stereocenters. The minimum absolute atomic E-state index is 0.517. The predicted molar refractivity (Wildman–Crippen MR) is 168 cm³/mol. The summed E-state index contributed by atoms with van der Waals surface area (Å²) in [4.78, 5) is 0. The molecular weight excluding hydrogens is 472 g/mol. The van der Waals surface area contributed by atoms with Crippen LogP contribution in [0.4, 0.5) is 0 Å². The summed E-state index contributed by atoms with van der Waals surface area (Å²) in [7, 11) is 2.27. The predicted octanol–water partition coefficient (Wildman–Crippen LogP) is 10.1. The van der Waals surface area contributed by atoms with Gasteiger partial charge in [0.15, 0.2) is 0 Å². The van der Waals surface area contributed by atoms with Crippen LogP contribution in [0.3, 0.4) is 0 Å². The van der Waals surface area contributed by atoms with Crippen LogP contribution in [0.15, 0.2) is 66.9 Å². The molecule has 3 rings (SSSR count). The van der Waals surface area contributed by atoms with E-state index >= 15 is 0 Å². The molecule has 3 aromatic rings. The highest BCUT2D eigenvalue weighted by molar-refractivity contribution is 5.21. The first-order valence-electron chi connectivity index (χ1n) is 16.3. The maximum absolute atomic E-state index is 2.56. The molecule has 0 bridgehead atoms. The number of rotatable bonds is 21. The molecule has 0 saturated carbocycles. The lowest BCUT2D eigenvalue weighted by Gasteiger charge is -2.10. The molecule has 0 N–H and O–H groups in total. The molecule has 1 unspecified atom stereocenters. The summed E-state index contributed by atoms with van der Waals surface area (Å²) in [5, 5.41) is 0. The first-order chi connectivity index (χ1) is 19.2. The van der Waals surface area contributed by atoms with E-state index in [1.165, 1.54) is 119 Å². The van der Waals surface area contributed by atoms with E-state index < -0.39 is 0 Å². The summed E-state index contributed by atoms with van der Waals surface area (Å²) in [6.07, 6.45) is 25.8. The number of hydrogen-bond donors (Lipinski definition) is 0. The van der Waals surface area contributed by atoms with Crippen LogP contribution in [0.25, 0.3) is 0 Å². The quantitative estimate of drug-likeness (QED) is 0.0958. The fourth-order valence-electron chi connectivity index (χ4n) is 5.95. The molecule has 0 spiro atoms. The summed E-state index contributed by atoms with van der Waals surface area (Å²) < 4.78 is 5.03. The Bertz CT molecular complexity index is 1000. The summed E-state index contributed by atoms with van der Waals surface area (Å²) in [5.41, 5.74) is 4.27. The fourth-order valence-corrected chi connectivity index (χ4v) is 5.95. The highest BCUT2D eigenvalue weighted by Gasteiger charge is 2.22. The Morgan fingerprint density at radius 1 is 0.641 bits per heavy atom. The lowest BCUT2D eigenvalue weighted by molar-refractivity contribution is -0.685. The van der Waals surface area contributed by atoms with Crippen molar-refractivity contribution in [1.82, 2.24) is 4.57 Å². The number of benzene rings is 2. The molecule has 2 nitrogen and oxygen atoms in total. The van der Waals surface area contributed by atoms with E-state index in [9.17, 15) is 0 Å². The number of nitrogens with zero attached hydrogens (tertiary/aromatic N) is 2. The number of aromatic nitrogens is 2. The van der Waals surface area contributed by atoms with Crippen molar-refractivity contribution in [3.05, 3.63) is 89.5 Å². The van der Waals surface area contributed by atoms with E-state index in [4.69, 9.17) is 0 Å². The molecule has 2 aromatic carbocycles. The smallest absolute Gasteiger partial charge is 0.234 e. The Kier molecular flexibility index (Phi) is 15.1. The Morgan fingerprint density at radius 2 is 1.13 bits per heavy atom. The highest BCUT2D eigenvalue weighted by atomic mass is 15.1. The van der Waals surface area contributed by atoms with Gasteiger partial charge in [-0.1, -0.05) is 158 Å². The van der Waals surface area contributed by atoms with E-state index in [1.54, 1.807) is 0 Å². The minimum Gasteiger partial charge on any atom is -0.234 e. The Morgan fingerprint density at radius 3 is 1.67 bits per heavy atom. The SMILES string of the molecule is CCCCCCCCCCCCCCCCCn1cc(CC(C)c2ccccc2)[n+](C)c1Cc1ccccc1. The average Bonchev–Trinajstić information content (AvgIpc) is 3.25. The third-order valence-electron chi connectivity index (χ3n) is 8.55. The van der Waals surface area contributed by atoms with Gasteiger partial charge in [0.2, 0.25) is 0 Å². The first kappa shape index (κ1) is 31.2. The highest BCUT2D eigenvalue weighted by Crippen LogP contribution is 2.20. The molecule has 1 aromatic heterocycles. The van der Waals surface area contributed by atoms with Crippen molar-refractivity contribution in [2.75, 3.05) is 0 Å². The van der Waals surface area contributed by atoms with Crippen LogP contribution in [0, 0.1) is 0 Å². The first-order valence-corrected chi connectivity index (χ1v) is 16.3. The van der Waals surface area contributed by atoms with Gasteiger partial charge in [0.1, 0.15) is 11.9 Å². The second kappa shape index (κ2) is 18.9. The zero-order valence-corrected chi connectivity index (χ0v) is 25.6. The van der Waals surface area contributed by atoms with Gasteiger partial charge < -0.3 is 0 Å². The normalized spacial score (nSPS) is 12.2. The van der Waals surface area contributed by atoms with E-state index in [2.05, 4.69) is 96.9 Å². The van der Waals surface area contributed by atoms with Gasteiger partial charge in [0.25, 0.3) is 5.82 Å². The van der Waals surface area contributed by atoms with Crippen LogP contribution in [0.2, 0.25) is 0 Å². The van der Waals surface area contributed by atoms with Crippen molar-refractivity contribution >= 4 is 0 Å². The zero-order chi connectivity index (χ0) is 27.5. The largest absolute Gasteiger partial charge is 0.260 e. The Labute approximate surface area is 240 Å². The lowest BCUT2D eigenvalue weighted by Crippen LogP contribution is -2.37. The maximum atomic E-state index is 2.56. The summed E-state index contributed by atoms with van der Waals surface area (Å²) in [6.45, 7) is 5.79. The Hall–Kier alpha value is -2.35. The van der Waals surface area contributed by atoms with Crippen molar-refractivity contribution < 1.29 is 4.57 Å². The van der Waals surface area contributed by atoms with Crippen molar-refractivity contribution in [3.8, 4) is 0 Å². The fraction of sp³-hybridized carbons (Fsp3) is 0.595. The number of aryl methyl sites for hydroxylation is 1. The number of hydrogen-bond acceptors (Lipinski definition) is 0. The summed E-state index contributed by atoms with van der Waals surface area (Å²) in [5.74, 6) is 1.95. The van der Waals surface area contributed by atoms with Crippen LogP contribution >= 0.6 is 0 Å². The van der Waals surface area contributed by atoms with Gasteiger partial charge in [-0.05, 0) is 29.9 Å². The maximum Gasteiger partial charge on any atom is 0.260 e. The topological polar surface area (TPSA) is 8.81 Å². The second-order valence-corrected chi connectivity index (χ2v) is 11.9. The van der Waals surface area contributed by atoms with Gasteiger partial charge >= 0.3 is 0 Å². The van der Waals surface area contributed by atoms with E-state index in [0.29, 0.717) is 5.92 Å². The number of imidazole rings is 1. The molecule has 0 aliphatic carbocycles. The average molecular weight is 530 g/mol. The molecule has 0 aliphatic rings. The van der Waals surface area contributed by atoms with Crippen LogP contribution in [-0.2, 0) is 26.4 Å². The monoisotopic (exact) mass is 529 g/mol. The van der Waals surface area contributed by atoms with E-state index in [1.807, 2.05) is 0 Å². The molecule has 214 valence electrons. The molecule has 0 radical (unpaired) electrons. The summed E-state index contributed by atoms with van der Waals surface area (Å²) in [6, 6.07) is 21.9. The van der Waals surface area contributed by atoms with Crippen molar-refractivity contribution in [1.29, 1.82) is 0 Å². The third kappa shape index (κ3) is 11.7. The molecule has 1 heterocycles. The van der Waals surface area contributed by atoms with Gasteiger partial charge in [0, 0.05) is 6.42 Å². The van der Waals surface area contributed by atoms with Crippen LogP contribution in [-0.4, -0.2) is 4.57 Å². The van der Waals surface area contributed by atoms with E-state index in [0.717, 1.165) is 19.4 Å². The van der Waals surface area contributed by atoms with Gasteiger partial charge in [-0.25, -0.2) is 9.13 Å². The van der Waals surface area contributed by atoms with Crippen molar-refractivity contribution in [2.24, 2.45) is 7.05 Å².